The van der Waals surface area contributed by atoms with Gasteiger partial charge in [0.05, 0.1) is 49.9 Å². The van der Waals surface area contributed by atoms with Crippen LogP contribution >= 0.6 is 34.8 Å². The summed E-state index contributed by atoms with van der Waals surface area (Å²) in [6, 6.07) is 11.9. The summed E-state index contributed by atoms with van der Waals surface area (Å²) in [5, 5.41) is 10.5. The lowest BCUT2D eigenvalue weighted by Gasteiger charge is -2.14. The molecule has 0 aliphatic heterocycles. The maximum Gasteiger partial charge on any atom is 0.416 e. The van der Waals surface area contributed by atoms with Crippen molar-refractivity contribution in [3.63, 3.8) is 0 Å². The van der Waals surface area contributed by atoms with E-state index in [0.29, 0.717) is 6.07 Å². The van der Waals surface area contributed by atoms with Gasteiger partial charge in [0, 0.05) is 12.1 Å². The summed E-state index contributed by atoms with van der Waals surface area (Å²) in [7, 11) is 0. The Balaban J connectivity index is 0.000000316. The average Bonchev–Trinajstić information content (AvgIpc) is 3.15. The third kappa shape index (κ3) is 13.9. The number of rotatable bonds is 13. The molecule has 13 nitrogen and oxygen atoms in total. The lowest BCUT2D eigenvalue weighted by atomic mass is 10.1. The number of carbonyl (C=O) groups excluding carboxylic acids is 4. The summed E-state index contributed by atoms with van der Waals surface area (Å²) >= 11 is 17.7. The Labute approximate surface area is 344 Å². The van der Waals surface area contributed by atoms with Gasteiger partial charge in [-0.2, -0.15) is 26.3 Å². The number of halogens is 9. The Hall–Kier alpha value is -5.79. The maximum atomic E-state index is 12.7. The molecule has 0 saturated heterocycles. The molecule has 0 aliphatic rings. The first kappa shape index (κ1) is 47.6. The van der Waals surface area contributed by atoms with Crippen LogP contribution in [0.4, 0.5) is 32.0 Å². The van der Waals surface area contributed by atoms with E-state index in [1.165, 1.54) is 32.0 Å². The molecule has 4 rings (SSSR count). The number of esters is 4. The lowest BCUT2D eigenvalue weighted by molar-refractivity contribution is -0.385. The molecule has 0 radical (unpaired) electrons. The van der Waals surface area contributed by atoms with Gasteiger partial charge >= 0.3 is 36.2 Å². The first-order valence-electron chi connectivity index (χ1n) is 16.4. The van der Waals surface area contributed by atoms with Crippen LogP contribution in [0.5, 0.6) is 23.0 Å². The molecule has 0 fully saturated rings. The quantitative estimate of drug-likeness (QED) is 0.0410. The van der Waals surface area contributed by atoms with Gasteiger partial charge in [-0.3, -0.25) is 10.1 Å². The van der Waals surface area contributed by atoms with Crippen molar-refractivity contribution in [3.05, 3.63) is 120 Å². The van der Waals surface area contributed by atoms with Gasteiger partial charge in [0.25, 0.3) is 5.69 Å². The highest BCUT2D eigenvalue weighted by molar-refractivity contribution is 6.34. The highest BCUT2D eigenvalue weighted by Gasteiger charge is 2.32. The summed E-state index contributed by atoms with van der Waals surface area (Å²) < 4.78 is 106. The van der Waals surface area contributed by atoms with Gasteiger partial charge in [0.1, 0.15) is 28.6 Å². The van der Waals surface area contributed by atoms with E-state index in [9.17, 15) is 55.6 Å². The number of nitrogens with zero attached hydrogens (tertiary/aromatic N) is 1. The Morgan fingerprint density at radius 2 is 1.15 bits per heavy atom. The molecule has 4 aromatic rings. The molecule has 0 N–H and O–H groups in total. The topological polar surface area (TPSA) is 167 Å². The second kappa shape index (κ2) is 20.8. The number of ether oxygens (including phenoxy) is 6. The molecule has 22 heteroatoms. The van der Waals surface area contributed by atoms with Gasteiger partial charge in [0.15, 0.2) is 12.7 Å². The number of carbonyl (C=O) groups is 4. The Kier molecular flexibility index (Phi) is 16.7. The Morgan fingerprint density at radius 3 is 1.61 bits per heavy atom. The van der Waals surface area contributed by atoms with Crippen LogP contribution in [0.2, 0.25) is 15.1 Å². The average molecular weight is 899 g/mol. The van der Waals surface area contributed by atoms with Crippen molar-refractivity contribution in [2.24, 2.45) is 0 Å². The van der Waals surface area contributed by atoms with Crippen molar-refractivity contribution in [3.8, 4) is 23.0 Å². The van der Waals surface area contributed by atoms with E-state index in [-0.39, 0.29) is 56.8 Å². The van der Waals surface area contributed by atoms with E-state index in [1.807, 2.05) is 0 Å². The van der Waals surface area contributed by atoms with E-state index >= 15 is 0 Å². The minimum absolute atomic E-state index is 0.0249. The highest BCUT2D eigenvalue weighted by Crippen LogP contribution is 2.39. The smallest absolute Gasteiger partial charge is 0.416 e. The van der Waals surface area contributed by atoms with Crippen molar-refractivity contribution in [1.82, 2.24) is 0 Å². The Morgan fingerprint density at radius 1 is 0.661 bits per heavy atom. The van der Waals surface area contributed by atoms with Crippen LogP contribution in [-0.2, 0) is 40.9 Å². The molecule has 0 aromatic heterocycles. The zero-order valence-corrected chi connectivity index (χ0v) is 32.6. The van der Waals surface area contributed by atoms with Crippen LogP contribution in [0.25, 0.3) is 0 Å². The van der Waals surface area contributed by atoms with Crippen molar-refractivity contribution < 1.29 is 78.9 Å². The van der Waals surface area contributed by atoms with Crippen LogP contribution < -0.4 is 9.47 Å². The zero-order valence-electron chi connectivity index (χ0n) is 30.4. The van der Waals surface area contributed by atoms with Crippen LogP contribution in [-0.4, -0.2) is 54.7 Å². The van der Waals surface area contributed by atoms with Gasteiger partial charge in [-0.1, -0.05) is 34.8 Å². The molecule has 0 bridgehead atoms. The van der Waals surface area contributed by atoms with Gasteiger partial charge in [-0.05, 0) is 81.4 Å². The van der Waals surface area contributed by atoms with E-state index in [1.54, 1.807) is 6.92 Å². The van der Waals surface area contributed by atoms with Gasteiger partial charge < -0.3 is 28.4 Å². The molecule has 4 aromatic carbocycles. The first-order valence-corrected chi connectivity index (χ1v) is 17.6. The molecule has 0 heterocycles. The number of hydrogen-bond donors (Lipinski definition) is 0. The first-order chi connectivity index (χ1) is 27.5. The Bertz CT molecular complexity index is 2200. The largest absolute Gasteiger partial charge is 0.463 e. The fraction of sp³-hybridized carbons (Fsp3) is 0.243. The monoisotopic (exact) mass is 897 g/mol. The van der Waals surface area contributed by atoms with E-state index in [4.69, 9.17) is 58.5 Å². The molecular weight excluding hydrogens is 871 g/mol. The van der Waals surface area contributed by atoms with Crippen molar-refractivity contribution in [1.29, 1.82) is 0 Å². The molecule has 316 valence electrons. The van der Waals surface area contributed by atoms with Crippen LogP contribution in [0, 0.1) is 10.1 Å². The van der Waals surface area contributed by atoms with Gasteiger partial charge in [0.2, 0.25) is 0 Å². The van der Waals surface area contributed by atoms with E-state index in [2.05, 4.69) is 4.74 Å². The second-order valence-electron chi connectivity index (χ2n) is 11.2. The fourth-order valence-electron chi connectivity index (χ4n) is 4.34. The third-order valence-electron chi connectivity index (χ3n) is 7.05. The number of hydrogen-bond acceptors (Lipinski definition) is 12. The molecule has 0 aliphatic carbocycles. The summed E-state index contributed by atoms with van der Waals surface area (Å²) in [5.74, 6) is -3.96. The normalized spacial score (nSPS) is 11.6. The van der Waals surface area contributed by atoms with Crippen molar-refractivity contribution in [2.75, 3.05) is 19.8 Å². The van der Waals surface area contributed by atoms with Crippen LogP contribution in [0.1, 0.15) is 52.6 Å². The SMILES string of the molecule is CCOC(=O)COC(=O)c1cc(Oc2ccc(C(F)(F)F)cc2Cl)ccc1[N+](=O)[O-].CCOC(=O)[C@H](C)OC(=O)c1cc(Oc2ccc(C(F)(F)F)cc2Cl)ccc1Cl. The molecule has 59 heavy (non-hydrogen) atoms. The second-order valence-corrected chi connectivity index (χ2v) is 12.5. The number of nitro benzene ring substituents is 1. The molecule has 0 unspecified atom stereocenters. The molecule has 1 atom stereocenters. The predicted molar refractivity (Wildman–Crippen MR) is 196 cm³/mol. The van der Waals surface area contributed by atoms with Crippen molar-refractivity contribution in [2.45, 2.75) is 39.2 Å². The summed E-state index contributed by atoms with van der Waals surface area (Å²) in [6.45, 7) is 3.90. The molecule has 0 amide bonds. The molecular formula is C37H28Cl3F6NO12. The number of alkyl halides is 6. The number of benzene rings is 4. The maximum absolute atomic E-state index is 12.7. The van der Waals surface area contributed by atoms with E-state index in [0.717, 1.165) is 48.5 Å². The fourth-order valence-corrected chi connectivity index (χ4v) is 4.97. The lowest BCUT2D eigenvalue weighted by Crippen LogP contribution is -2.26. The number of nitro groups is 1. The standard InChI is InChI=1S/C19H15Cl2F3O5.C18H13ClF3NO7/c1-3-27-17(25)10(2)28-18(26)13-9-12(5-6-14(13)20)29-16-7-4-11(8-15(16)21)19(22,23)24;1-2-28-16(24)9-29-17(25)12-8-11(4-5-14(12)23(26)27)30-15-6-3-10(7-13(15)19)18(20,21)22/h4-10H,3H2,1-2H3;3-8H,2,9H2,1H3/t10-;/m0./s1. The highest BCUT2D eigenvalue weighted by atomic mass is 35.5. The summed E-state index contributed by atoms with van der Waals surface area (Å²) in [6.07, 6.45) is -10.3. The van der Waals surface area contributed by atoms with E-state index < -0.39 is 76.2 Å². The predicted octanol–water partition coefficient (Wildman–Crippen LogP) is 10.7. The van der Waals surface area contributed by atoms with Crippen molar-refractivity contribution >= 4 is 64.4 Å². The third-order valence-corrected chi connectivity index (χ3v) is 7.97. The van der Waals surface area contributed by atoms with Crippen LogP contribution in [0.3, 0.4) is 0 Å². The summed E-state index contributed by atoms with van der Waals surface area (Å²) in [4.78, 5) is 57.6. The summed E-state index contributed by atoms with van der Waals surface area (Å²) in [5.41, 5.74) is -3.20. The minimum atomic E-state index is -4.61. The molecule has 0 saturated carbocycles. The minimum Gasteiger partial charge on any atom is -0.463 e. The van der Waals surface area contributed by atoms with Crippen LogP contribution in [0.15, 0.2) is 72.8 Å². The zero-order chi connectivity index (χ0) is 44.2. The molecule has 0 spiro atoms. The van der Waals surface area contributed by atoms with Gasteiger partial charge in [-0.25, -0.2) is 19.2 Å². The van der Waals surface area contributed by atoms with Gasteiger partial charge in [-0.15, -0.1) is 0 Å².